The van der Waals surface area contributed by atoms with Crippen LogP contribution >= 0.6 is 7.82 Å². The molecule has 4 aliphatic carbocycles. The standard InChI is InChI=1S/C27H45O10P/c1-15(20(28)7-8-24(2,32)14-37-38(34,35)36)16-6-10-27(33)18-11-21(29)19-12-22(30)23(31)13-25(19,3)17(18)5-9-26(16,27)4/h11,15-17,19-20,22-23,28,30-33H,5-10,12-14H2,1-4H3,(H2,34,35,36)/t15-,16+,17-,19-,20?,22+,23-,24?,25+,26+,27+/m0/s1. The van der Waals surface area contributed by atoms with Crippen LogP contribution in [0, 0.1) is 34.5 Å². The third kappa shape index (κ3) is 5.10. The van der Waals surface area contributed by atoms with Gasteiger partial charge in [0.15, 0.2) is 5.78 Å². The zero-order valence-electron chi connectivity index (χ0n) is 22.8. The van der Waals surface area contributed by atoms with Gasteiger partial charge in [-0.15, -0.1) is 0 Å². The van der Waals surface area contributed by atoms with Crippen LogP contribution in [0.3, 0.4) is 0 Å². The lowest BCUT2D eigenvalue weighted by atomic mass is 9.46. The monoisotopic (exact) mass is 560 g/mol. The molecule has 218 valence electrons. The van der Waals surface area contributed by atoms with E-state index in [2.05, 4.69) is 4.52 Å². The topological polar surface area (TPSA) is 185 Å². The Balaban J connectivity index is 1.51. The van der Waals surface area contributed by atoms with Crippen molar-refractivity contribution < 1.29 is 49.2 Å². The minimum absolute atomic E-state index is 0.0555. The first-order valence-corrected chi connectivity index (χ1v) is 15.3. The van der Waals surface area contributed by atoms with Gasteiger partial charge in [-0.1, -0.05) is 20.8 Å². The second-order valence-electron chi connectivity index (χ2n) is 13.4. The normalized spacial score (nSPS) is 44.3. The molecule has 0 aromatic rings. The molecule has 38 heavy (non-hydrogen) atoms. The van der Waals surface area contributed by atoms with E-state index < -0.39 is 54.8 Å². The quantitative estimate of drug-likeness (QED) is 0.216. The molecule has 0 aliphatic heterocycles. The zero-order chi connectivity index (χ0) is 28.5. The molecule has 11 atom stereocenters. The van der Waals surface area contributed by atoms with Crippen molar-refractivity contribution in [2.45, 2.75) is 109 Å². The highest BCUT2D eigenvalue weighted by Crippen LogP contribution is 2.68. The molecule has 3 fully saturated rings. The number of phosphoric acid groups is 1. The maximum atomic E-state index is 13.3. The number of rotatable bonds is 8. The molecule has 0 spiro atoms. The molecule has 3 saturated carbocycles. The summed E-state index contributed by atoms with van der Waals surface area (Å²) in [6, 6.07) is 0. The van der Waals surface area contributed by atoms with Crippen LogP contribution in [0.15, 0.2) is 11.6 Å². The number of ketones is 1. The molecule has 0 bridgehead atoms. The van der Waals surface area contributed by atoms with E-state index >= 15 is 0 Å². The van der Waals surface area contributed by atoms with Crippen LogP contribution < -0.4 is 0 Å². The Morgan fingerprint density at radius 3 is 2.45 bits per heavy atom. The number of carbonyl (C=O) groups is 1. The Bertz CT molecular complexity index is 1010. The van der Waals surface area contributed by atoms with Crippen LogP contribution in [-0.4, -0.2) is 77.2 Å². The van der Waals surface area contributed by atoms with E-state index in [-0.39, 0.29) is 48.7 Å². The first kappa shape index (κ1) is 30.3. The number of hydrogen-bond acceptors (Lipinski definition) is 8. The summed E-state index contributed by atoms with van der Waals surface area (Å²) in [6.45, 7) is 6.81. The van der Waals surface area contributed by atoms with E-state index in [1.165, 1.54) is 6.92 Å². The van der Waals surface area contributed by atoms with E-state index in [1.54, 1.807) is 6.08 Å². The third-order valence-electron chi connectivity index (χ3n) is 11.0. The molecule has 0 aromatic heterocycles. The minimum Gasteiger partial charge on any atom is -0.393 e. The molecule has 4 aliphatic rings. The lowest BCUT2D eigenvalue weighted by Gasteiger charge is -2.60. The van der Waals surface area contributed by atoms with Crippen LogP contribution in [0.5, 0.6) is 0 Å². The Morgan fingerprint density at radius 2 is 1.82 bits per heavy atom. The lowest BCUT2D eigenvalue weighted by Crippen LogP contribution is -2.61. The van der Waals surface area contributed by atoms with Crippen LogP contribution in [0.1, 0.15) is 79.1 Å². The van der Waals surface area contributed by atoms with Crippen molar-refractivity contribution in [3.8, 4) is 0 Å². The Kier molecular flexibility index (Phi) is 7.97. The summed E-state index contributed by atoms with van der Waals surface area (Å²) < 4.78 is 15.4. The molecule has 0 amide bonds. The summed E-state index contributed by atoms with van der Waals surface area (Å²) in [5, 5.41) is 54.5. The fourth-order valence-electron chi connectivity index (χ4n) is 8.54. The summed E-state index contributed by atoms with van der Waals surface area (Å²) in [7, 11) is -4.72. The van der Waals surface area contributed by atoms with Gasteiger partial charge in [0.1, 0.15) is 0 Å². The van der Waals surface area contributed by atoms with Crippen LogP contribution in [0.2, 0.25) is 0 Å². The van der Waals surface area contributed by atoms with Crippen LogP contribution in [0.25, 0.3) is 0 Å². The molecular formula is C27H45O10P. The fraction of sp³-hybridized carbons (Fsp3) is 0.889. The molecule has 11 heteroatoms. The van der Waals surface area contributed by atoms with E-state index in [9.17, 15) is 34.9 Å². The van der Waals surface area contributed by atoms with Crippen molar-refractivity contribution in [1.29, 1.82) is 0 Å². The predicted octanol–water partition coefficient (Wildman–Crippen LogP) is 1.83. The maximum Gasteiger partial charge on any atom is 0.469 e. The summed E-state index contributed by atoms with van der Waals surface area (Å²) in [5.41, 5.74) is -3.14. The minimum atomic E-state index is -4.72. The molecule has 10 nitrogen and oxygen atoms in total. The predicted molar refractivity (Wildman–Crippen MR) is 137 cm³/mol. The van der Waals surface area contributed by atoms with Crippen molar-refractivity contribution in [2.75, 3.05) is 6.61 Å². The average Bonchev–Trinajstić information content (AvgIpc) is 3.09. The maximum absolute atomic E-state index is 13.3. The second kappa shape index (κ2) is 10.00. The van der Waals surface area contributed by atoms with Crippen molar-refractivity contribution >= 4 is 13.6 Å². The molecule has 0 saturated heterocycles. The van der Waals surface area contributed by atoms with Crippen molar-refractivity contribution in [1.82, 2.24) is 0 Å². The molecule has 0 aromatic carbocycles. The zero-order valence-corrected chi connectivity index (χ0v) is 23.7. The smallest absolute Gasteiger partial charge is 0.393 e. The van der Waals surface area contributed by atoms with E-state index in [0.717, 1.165) is 12.0 Å². The first-order chi connectivity index (χ1) is 17.3. The van der Waals surface area contributed by atoms with E-state index in [4.69, 9.17) is 9.79 Å². The van der Waals surface area contributed by atoms with Crippen LogP contribution in [-0.2, 0) is 13.9 Å². The number of carbonyl (C=O) groups excluding carboxylic acids is 1. The van der Waals surface area contributed by atoms with Gasteiger partial charge < -0.3 is 35.3 Å². The molecule has 7 N–H and O–H groups in total. The Labute approximate surface area is 224 Å². The van der Waals surface area contributed by atoms with E-state index in [1.807, 2.05) is 20.8 Å². The summed E-state index contributed by atoms with van der Waals surface area (Å²) in [5.74, 6) is -0.853. The average molecular weight is 561 g/mol. The largest absolute Gasteiger partial charge is 0.469 e. The van der Waals surface area contributed by atoms with Crippen molar-refractivity contribution in [3.63, 3.8) is 0 Å². The van der Waals surface area contributed by atoms with Gasteiger partial charge in [0.05, 0.1) is 36.1 Å². The highest BCUT2D eigenvalue weighted by molar-refractivity contribution is 7.46. The number of aliphatic hydroxyl groups excluding tert-OH is 3. The van der Waals surface area contributed by atoms with Gasteiger partial charge in [0, 0.05) is 11.3 Å². The van der Waals surface area contributed by atoms with Gasteiger partial charge in [0.2, 0.25) is 0 Å². The Morgan fingerprint density at radius 1 is 1.16 bits per heavy atom. The highest BCUT2D eigenvalue weighted by atomic mass is 31.2. The summed E-state index contributed by atoms with van der Waals surface area (Å²) >= 11 is 0. The van der Waals surface area contributed by atoms with Crippen LogP contribution in [0.4, 0.5) is 0 Å². The fourth-order valence-corrected chi connectivity index (χ4v) is 8.99. The van der Waals surface area contributed by atoms with E-state index in [0.29, 0.717) is 25.7 Å². The van der Waals surface area contributed by atoms with Gasteiger partial charge in [-0.05, 0) is 93.1 Å². The number of allylic oxidation sites excluding steroid dienone is 1. The molecular weight excluding hydrogens is 515 g/mol. The molecule has 0 heterocycles. The van der Waals surface area contributed by atoms with Gasteiger partial charge in [-0.25, -0.2) is 4.57 Å². The second-order valence-corrected chi connectivity index (χ2v) is 14.6. The van der Waals surface area contributed by atoms with Gasteiger partial charge in [0.25, 0.3) is 0 Å². The lowest BCUT2D eigenvalue weighted by molar-refractivity contribution is -0.154. The molecule has 0 radical (unpaired) electrons. The van der Waals surface area contributed by atoms with Gasteiger partial charge in [-0.3, -0.25) is 9.32 Å². The number of phosphoric ester groups is 1. The molecule has 2 unspecified atom stereocenters. The third-order valence-corrected chi connectivity index (χ3v) is 11.4. The summed E-state index contributed by atoms with van der Waals surface area (Å²) in [6.07, 6.45) is 2.30. The SMILES string of the molecule is C[C@H](C(O)CCC(C)(O)COP(=O)(O)O)[C@H]1CC[C@@]2(O)C3=CC(=O)[C@@H]4C[C@@H](O)[C@@H](O)C[C@]4(C)[C@H]3CC[C@]12C. The number of hydrogen-bond donors (Lipinski definition) is 7. The van der Waals surface area contributed by atoms with Crippen molar-refractivity contribution in [3.05, 3.63) is 11.6 Å². The Hall–Kier alpha value is -0.680. The molecule has 4 rings (SSSR count). The van der Waals surface area contributed by atoms with Crippen molar-refractivity contribution in [2.24, 2.45) is 34.5 Å². The number of aliphatic hydroxyl groups is 5. The number of fused-ring (bicyclic) bond motifs is 5. The highest BCUT2D eigenvalue weighted by Gasteiger charge is 2.67. The first-order valence-electron chi connectivity index (χ1n) is 13.8. The summed E-state index contributed by atoms with van der Waals surface area (Å²) in [4.78, 5) is 31.1. The van der Waals surface area contributed by atoms with Gasteiger partial charge >= 0.3 is 7.82 Å². The van der Waals surface area contributed by atoms with Gasteiger partial charge in [-0.2, -0.15) is 0 Å².